The second kappa shape index (κ2) is 6.89. The fraction of sp³-hybridized carbons (Fsp3) is 0.238. The highest BCUT2D eigenvalue weighted by atomic mass is 32.2. The standard InChI is InChI=1S/C21H21NO2S2/c1-26(23,24)22-18-7-4-5-15(13-18)14-20-19-8-3-2-6-16(19)9-10-17-11-12-25-21(17)20/h2-8,11-13,20,22H,9-10,14H2,1H3/t20-/m0/s1. The lowest BCUT2D eigenvalue weighted by atomic mass is 9.88. The molecule has 26 heavy (non-hydrogen) atoms. The molecule has 1 aromatic heterocycles. The molecule has 2 aromatic carbocycles. The summed E-state index contributed by atoms with van der Waals surface area (Å²) in [4.78, 5) is 1.44. The predicted octanol–water partition coefficient (Wildman–Crippen LogP) is 4.59. The largest absolute Gasteiger partial charge is 0.284 e. The minimum absolute atomic E-state index is 0.317. The average molecular weight is 384 g/mol. The zero-order chi connectivity index (χ0) is 18.1. The quantitative estimate of drug-likeness (QED) is 0.716. The van der Waals surface area contributed by atoms with Crippen molar-refractivity contribution in [3.8, 4) is 0 Å². The lowest BCUT2D eigenvalue weighted by Gasteiger charge is -2.19. The number of aryl methyl sites for hydroxylation is 2. The van der Waals surface area contributed by atoms with Crippen molar-refractivity contribution in [2.75, 3.05) is 11.0 Å². The minimum atomic E-state index is -3.27. The second-order valence-electron chi connectivity index (χ2n) is 6.84. The van der Waals surface area contributed by atoms with Crippen molar-refractivity contribution < 1.29 is 8.42 Å². The zero-order valence-corrected chi connectivity index (χ0v) is 16.2. The van der Waals surface area contributed by atoms with E-state index in [4.69, 9.17) is 0 Å². The molecule has 0 saturated carbocycles. The number of sulfonamides is 1. The van der Waals surface area contributed by atoms with Crippen LogP contribution in [0.2, 0.25) is 0 Å². The normalized spacial score (nSPS) is 16.4. The molecule has 1 heterocycles. The third kappa shape index (κ3) is 3.69. The molecule has 3 nitrogen and oxygen atoms in total. The molecule has 0 radical (unpaired) electrons. The van der Waals surface area contributed by atoms with Crippen molar-refractivity contribution in [2.24, 2.45) is 0 Å². The second-order valence-corrected chi connectivity index (χ2v) is 9.54. The van der Waals surface area contributed by atoms with Gasteiger partial charge in [-0.15, -0.1) is 11.3 Å². The summed E-state index contributed by atoms with van der Waals surface area (Å²) in [6.45, 7) is 0. The van der Waals surface area contributed by atoms with Gasteiger partial charge in [-0.2, -0.15) is 0 Å². The number of thiophene rings is 1. The van der Waals surface area contributed by atoms with Gasteiger partial charge in [-0.3, -0.25) is 4.72 Å². The van der Waals surface area contributed by atoms with E-state index in [9.17, 15) is 8.42 Å². The van der Waals surface area contributed by atoms with Crippen molar-refractivity contribution >= 4 is 27.0 Å². The van der Waals surface area contributed by atoms with E-state index >= 15 is 0 Å². The van der Waals surface area contributed by atoms with E-state index in [0.717, 1.165) is 24.8 Å². The molecule has 0 fully saturated rings. The van der Waals surface area contributed by atoms with Crippen LogP contribution >= 0.6 is 11.3 Å². The van der Waals surface area contributed by atoms with E-state index in [1.807, 2.05) is 23.5 Å². The Morgan fingerprint density at radius 1 is 1.04 bits per heavy atom. The average Bonchev–Trinajstić information content (AvgIpc) is 3.00. The van der Waals surface area contributed by atoms with Crippen molar-refractivity contribution in [3.05, 3.63) is 87.1 Å². The van der Waals surface area contributed by atoms with Gasteiger partial charge in [0.1, 0.15) is 0 Å². The summed E-state index contributed by atoms with van der Waals surface area (Å²) in [5, 5.41) is 2.19. The van der Waals surface area contributed by atoms with Gasteiger partial charge in [-0.25, -0.2) is 8.42 Å². The molecular formula is C21H21NO2S2. The number of fused-ring (bicyclic) bond motifs is 2. The summed E-state index contributed by atoms with van der Waals surface area (Å²) in [6, 6.07) is 18.7. The van der Waals surface area contributed by atoms with Gasteiger partial charge < -0.3 is 0 Å². The molecule has 4 rings (SSSR count). The van der Waals surface area contributed by atoms with E-state index in [-0.39, 0.29) is 0 Å². The third-order valence-electron chi connectivity index (χ3n) is 4.86. The number of hydrogen-bond acceptors (Lipinski definition) is 3. The molecule has 0 unspecified atom stereocenters. The Labute approximate surface area is 158 Å². The summed E-state index contributed by atoms with van der Waals surface area (Å²) < 4.78 is 25.6. The Hall–Kier alpha value is -2.11. The van der Waals surface area contributed by atoms with Crippen LogP contribution in [0.15, 0.2) is 60.0 Å². The maximum absolute atomic E-state index is 11.5. The van der Waals surface area contributed by atoms with Crippen LogP contribution in [0, 0.1) is 0 Å². The Morgan fingerprint density at radius 3 is 2.69 bits per heavy atom. The lowest BCUT2D eigenvalue weighted by Crippen LogP contribution is -2.10. The van der Waals surface area contributed by atoms with Crippen LogP contribution in [0.25, 0.3) is 0 Å². The van der Waals surface area contributed by atoms with Gasteiger partial charge in [-0.05, 0) is 65.1 Å². The molecule has 134 valence electrons. The van der Waals surface area contributed by atoms with E-state index in [1.54, 1.807) is 6.07 Å². The third-order valence-corrected chi connectivity index (χ3v) is 6.54. The number of hydrogen-bond donors (Lipinski definition) is 1. The van der Waals surface area contributed by atoms with E-state index in [0.29, 0.717) is 11.6 Å². The molecule has 1 aliphatic carbocycles. The summed E-state index contributed by atoms with van der Waals surface area (Å²) >= 11 is 1.83. The van der Waals surface area contributed by atoms with Gasteiger partial charge >= 0.3 is 0 Å². The number of rotatable bonds is 4. The first-order chi connectivity index (χ1) is 12.5. The Balaban J connectivity index is 1.72. The smallest absolute Gasteiger partial charge is 0.229 e. The van der Waals surface area contributed by atoms with Crippen LogP contribution in [-0.4, -0.2) is 14.7 Å². The fourth-order valence-corrected chi connectivity index (χ4v) is 5.42. The Bertz CT molecular complexity index is 1040. The molecule has 0 saturated heterocycles. The van der Waals surface area contributed by atoms with Gasteiger partial charge in [0.15, 0.2) is 0 Å². The molecule has 1 N–H and O–H groups in total. The first kappa shape index (κ1) is 17.3. The van der Waals surface area contributed by atoms with E-state index < -0.39 is 10.0 Å². The first-order valence-electron chi connectivity index (χ1n) is 8.70. The van der Waals surface area contributed by atoms with Crippen LogP contribution in [0.1, 0.15) is 33.0 Å². The zero-order valence-electron chi connectivity index (χ0n) is 14.6. The molecule has 1 atom stereocenters. The van der Waals surface area contributed by atoms with Gasteiger partial charge in [0, 0.05) is 16.5 Å². The molecule has 3 aromatic rings. The summed E-state index contributed by atoms with van der Waals surface area (Å²) in [6.07, 6.45) is 4.21. The topological polar surface area (TPSA) is 46.2 Å². The summed E-state index contributed by atoms with van der Waals surface area (Å²) in [7, 11) is -3.27. The van der Waals surface area contributed by atoms with Crippen LogP contribution in [0.4, 0.5) is 5.69 Å². The van der Waals surface area contributed by atoms with Crippen molar-refractivity contribution in [3.63, 3.8) is 0 Å². The van der Waals surface area contributed by atoms with Gasteiger partial charge in [0.2, 0.25) is 10.0 Å². The SMILES string of the molecule is CS(=O)(=O)Nc1cccc(C[C@H]2c3ccccc3CCc3ccsc32)c1. The van der Waals surface area contributed by atoms with E-state index in [1.165, 1.54) is 27.8 Å². The molecular weight excluding hydrogens is 362 g/mol. The molecule has 0 aliphatic heterocycles. The number of benzene rings is 2. The van der Waals surface area contributed by atoms with Crippen LogP contribution in [0.5, 0.6) is 0 Å². The highest BCUT2D eigenvalue weighted by Crippen LogP contribution is 2.39. The van der Waals surface area contributed by atoms with Gasteiger partial charge in [-0.1, -0.05) is 36.4 Å². The van der Waals surface area contributed by atoms with Crippen molar-refractivity contribution in [1.82, 2.24) is 0 Å². The molecule has 0 bridgehead atoms. The molecule has 5 heteroatoms. The number of anilines is 1. The Morgan fingerprint density at radius 2 is 1.85 bits per heavy atom. The van der Waals surface area contributed by atoms with Crippen LogP contribution in [-0.2, 0) is 29.3 Å². The molecule has 0 amide bonds. The van der Waals surface area contributed by atoms with Crippen LogP contribution < -0.4 is 4.72 Å². The van der Waals surface area contributed by atoms with Gasteiger partial charge in [0.25, 0.3) is 0 Å². The molecule has 1 aliphatic rings. The van der Waals surface area contributed by atoms with E-state index in [2.05, 4.69) is 46.5 Å². The highest BCUT2D eigenvalue weighted by Gasteiger charge is 2.25. The van der Waals surface area contributed by atoms with Crippen LogP contribution in [0.3, 0.4) is 0 Å². The maximum atomic E-state index is 11.5. The van der Waals surface area contributed by atoms with Crippen molar-refractivity contribution in [2.45, 2.75) is 25.2 Å². The molecule has 0 spiro atoms. The highest BCUT2D eigenvalue weighted by molar-refractivity contribution is 7.92. The predicted molar refractivity (Wildman–Crippen MR) is 109 cm³/mol. The monoisotopic (exact) mass is 383 g/mol. The number of nitrogens with one attached hydrogen (secondary N) is 1. The Kier molecular flexibility index (Phi) is 4.59. The minimum Gasteiger partial charge on any atom is -0.284 e. The maximum Gasteiger partial charge on any atom is 0.229 e. The summed E-state index contributed by atoms with van der Waals surface area (Å²) in [5.41, 5.74) is 6.03. The summed E-state index contributed by atoms with van der Waals surface area (Å²) in [5.74, 6) is 0.317. The first-order valence-corrected chi connectivity index (χ1v) is 11.5. The van der Waals surface area contributed by atoms with Gasteiger partial charge in [0.05, 0.1) is 6.26 Å². The van der Waals surface area contributed by atoms with Crippen molar-refractivity contribution in [1.29, 1.82) is 0 Å². The fourth-order valence-electron chi connectivity index (χ4n) is 3.79. The lowest BCUT2D eigenvalue weighted by molar-refractivity contribution is 0.607.